The van der Waals surface area contributed by atoms with Gasteiger partial charge in [-0.3, -0.25) is 4.99 Å². The van der Waals surface area contributed by atoms with Crippen LogP contribution in [0.15, 0.2) is 4.99 Å². The van der Waals surface area contributed by atoms with E-state index >= 15 is 0 Å². The van der Waals surface area contributed by atoms with Crippen LogP contribution < -0.4 is 5.32 Å². The molecule has 0 aromatic carbocycles. The van der Waals surface area contributed by atoms with Gasteiger partial charge in [-0.15, -0.1) is 0 Å². The molecule has 1 heterocycles. The van der Waals surface area contributed by atoms with Crippen LogP contribution in [-0.2, 0) is 0 Å². The van der Waals surface area contributed by atoms with E-state index in [0.717, 1.165) is 42.1 Å². The molecule has 1 saturated heterocycles. The summed E-state index contributed by atoms with van der Waals surface area (Å²) in [6.07, 6.45) is 7.16. The molecule has 0 radical (unpaired) electrons. The average molecular weight is 295 g/mol. The number of nitrogens with one attached hydrogen (secondary N) is 1. The van der Waals surface area contributed by atoms with Gasteiger partial charge in [0.15, 0.2) is 5.96 Å². The Hall–Kier alpha value is -0.380. The number of hydrogen-bond acceptors (Lipinski definition) is 2. The summed E-state index contributed by atoms with van der Waals surface area (Å²) in [6, 6.07) is 0. The van der Waals surface area contributed by atoms with Crippen LogP contribution in [0.1, 0.15) is 39.0 Å². The predicted molar refractivity (Wildman–Crippen MR) is 88.4 cm³/mol. The third kappa shape index (κ3) is 3.63. The van der Waals surface area contributed by atoms with Crippen LogP contribution in [0.2, 0.25) is 0 Å². The maximum absolute atomic E-state index is 4.53. The van der Waals surface area contributed by atoms with Crippen molar-refractivity contribution in [1.29, 1.82) is 0 Å². The normalized spacial score (nSPS) is 28.1. The predicted octanol–water partition coefficient (Wildman–Crippen LogP) is 2.83. The fraction of sp³-hybridized carbons (Fsp3) is 0.938. The summed E-state index contributed by atoms with van der Waals surface area (Å²) in [6.45, 7) is 5.77. The summed E-state index contributed by atoms with van der Waals surface area (Å²) in [5.74, 6) is 5.36. The van der Waals surface area contributed by atoms with E-state index in [2.05, 4.69) is 33.9 Å². The number of rotatable bonds is 5. The second-order valence-electron chi connectivity index (χ2n) is 6.61. The van der Waals surface area contributed by atoms with Crippen molar-refractivity contribution in [1.82, 2.24) is 10.2 Å². The van der Waals surface area contributed by atoms with Gasteiger partial charge in [-0.05, 0) is 49.9 Å². The average Bonchev–Trinajstić information content (AvgIpc) is 3.37. The summed E-state index contributed by atoms with van der Waals surface area (Å²) >= 11 is 2.12. The lowest BCUT2D eigenvalue weighted by Gasteiger charge is -2.35. The van der Waals surface area contributed by atoms with Crippen molar-refractivity contribution in [3.8, 4) is 0 Å². The summed E-state index contributed by atoms with van der Waals surface area (Å²) in [7, 11) is 1.94. The molecule has 1 unspecified atom stereocenters. The topological polar surface area (TPSA) is 27.6 Å². The number of guanidine groups is 1. The molecular weight excluding hydrogens is 266 g/mol. The first-order chi connectivity index (χ1) is 9.81. The molecule has 0 aromatic rings. The zero-order valence-corrected chi connectivity index (χ0v) is 13.8. The zero-order valence-electron chi connectivity index (χ0n) is 13.0. The Balaban J connectivity index is 1.51. The Labute approximate surface area is 128 Å². The van der Waals surface area contributed by atoms with Gasteiger partial charge >= 0.3 is 0 Å². The Morgan fingerprint density at radius 2 is 2.00 bits per heavy atom. The van der Waals surface area contributed by atoms with Gasteiger partial charge in [0.1, 0.15) is 0 Å². The van der Waals surface area contributed by atoms with Gasteiger partial charge in [-0.25, -0.2) is 0 Å². The van der Waals surface area contributed by atoms with Gasteiger partial charge in [-0.2, -0.15) is 11.8 Å². The van der Waals surface area contributed by atoms with Gasteiger partial charge in [0.05, 0.1) is 0 Å². The molecule has 3 fully saturated rings. The van der Waals surface area contributed by atoms with Crippen molar-refractivity contribution in [2.45, 2.75) is 44.3 Å². The monoisotopic (exact) mass is 295 g/mol. The Kier molecular flexibility index (Phi) is 4.79. The second-order valence-corrected chi connectivity index (χ2v) is 8.02. The number of hydrogen-bond donors (Lipinski definition) is 1. The Morgan fingerprint density at radius 1 is 1.30 bits per heavy atom. The van der Waals surface area contributed by atoms with Crippen molar-refractivity contribution in [2.24, 2.45) is 22.7 Å². The van der Waals surface area contributed by atoms with Crippen molar-refractivity contribution in [3.63, 3.8) is 0 Å². The van der Waals surface area contributed by atoms with Crippen LogP contribution in [0.25, 0.3) is 0 Å². The standard InChI is InChI=1S/C16H29N3S/c1-3-14-11-19(8-9-20-14)16(17-2)18-10-15(12-4-5-12)13-6-7-13/h12-15H,3-11H2,1-2H3,(H,17,18). The minimum atomic E-state index is 0.782. The van der Waals surface area contributed by atoms with E-state index in [1.807, 2.05) is 7.05 Å². The smallest absolute Gasteiger partial charge is 0.193 e. The minimum absolute atomic E-state index is 0.782. The van der Waals surface area contributed by atoms with E-state index in [0.29, 0.717) is 0 Å². The molecule has 20 heavy (non-hydrogen) atoms. The summed E-state index contributed by atoms with van der Waals surface area (Å²) in [5.41, 5.74) is 0. The van der Waals surface area contributed by atoms with Crippen LogP contribution in [0.5, 0.6) is 0 Å². The van der Waals surface area contributed by atoms with E-state index < -0.39 is 0 Å². The maximum atomic E-state index is 4.53. The lowest BCUT2D eigenvalue weighted by Crippen LogP contribution is -2.49. The lowest BCUT2D eigenvalue weighted by atomic mass is 9.98. The summed E-state index contributed by atoms with van der Waals surface area (Å²) in [5, 5.41) is 4.48. The quantitative estimate of drug-likeness (QED) is 0.624. The van der Waals surface area contributed by atoms with E-state index in [-0.39, 0.29) is 0 Å². The van der Waals surface area contributed by atoms with Gasteiger partial charge in [0, 0.05) is 37.7 Å². The van der Waals surface area contributed by atoms with Crippen LogP contribution in [0.4, 0.5) is 0 Å². The van der Waals surface area contributed by atoms with E-state index in [9.17, 15) is 0 Å². The zero-order chi connectivity index (χ0) is 13.9. The van der Waals surface area contributed by atoms with Gasteiger partial charge < -0.3 is 10.2 Å². The maximum Gasteiger partial charge on any atom is 0.193 e. The molecule has 3 rings (SSSR count). The van der Waals surface area contributed by atoms with Gasteiger partial charge in [0.2, 0.25) is 0 Å². The molecule has 1 atom stereocenters. The SMILES string of the molecule is CCC1CN(C(=NC)NCC(C2CC2)C2CC2)CCS1. The van der Waals surface area contributed by atoms with Crippen molar-refractivity contribution in [2.75, 3.05) is 32.4 Å². The molecule has 0 spiro atoms. The highest BCUT2D eigenvalue weighted by atomic mass is 32.2. The first kappa shape index (κ1) is 14.6. The fourth-order valence-electron chi connectivity index (χ4n) is 3.47. The summed E-state index contributed by atoms with van der Waals surface area (Å²) in [4.78, 5) is 7.01. The molecule has 3 aliphatic rings. The molecule has 1 aliphatic heterocycles. The largest absolute Gasteiger partial charge is 0.356 e. The highest BCUT2D eigenvalue weighted by molar-refractivity contribution is 8.00. The van der Waals surface area contributed by atoms with Crippen molar-refractivity contribution in [3.05, 3.63) is 0 Å². The molecule has 0 amide bonds. The van der Waals surface area contributed by atoms with Gasteiger partial charge in [0.25, 0.3) is 0 Å². The first-order valence-electron chi connectivity index (χ1n) is 8.39. The molecule has 114 valence electrons. The highest BCUT2D eigenvalue weighted by Crippen LogP contribution is 2.48. The number of thioether (sulfide) groups is 1. The molecule has 3 nitrogen and oxygen atoms in total. The fourth-order valence-corrected chi connectivity index (χ4v) is 4.65. The van der Waals surface area contributed by atoms with E-state index in [1.165, 1.54) is 44.4 Å². The first-order valence-corrected chi connectivity index (χ1v) is 9.44. The van der Waals surface area contributed by atoms with E-state index in [4.69, 9.17) is 0 Å². The summed E-state index contributed by atoms with van der Waals surface area (Å²) < 4.78 is 0. The molecule has 0 aromatic heterocycles. The molecule has 0 bridgehead atoms. The molecule has 4 heteroatoms. The Bertz CT molecular complexity index is 338. The molecular formula is C16H29N3S. The third-order valence-corrected chi connectivity index (χ3v) is 6.43. The lowest BCUT2D eigenvalue weighted by molar-refractivity contribution is 0.372. The molecule has 2 saturated carbocycles. The second kappa shape index (κ2) is 6.59. The van der Waals surface area contributed by atoms with Crippen LogP contribution in [-0.4, -0.2) is 48.5 Å². The van der Waals surface area contributed by atoms with Crippen LogP contribution in [0, 0.1) is 17.8 Å². The third-order valence-electron chi connectivity index (χ3n) is 5.06. The van der Waals surface area contributed by atoms with Crippen molar-refractivity contribution < 1.29 is 0 Å². The van der Waals surface area contributed by atoms with Crippen LogP contribution >= 0.6 is 11.8 Å². The van der Waals surface area contributed by atoms with Crippen LogP contribution in [0.3, 0.4) is 0 Å². The van der Waals surface area contributed by atoms with Crippen molar-refractivity contribution >= 4 is 17.7 Å². The Morgan fingerprint density at radius 3 is 2.55 bits per heavy atom. The molecule has 1 N–H and O–H groups in total. The van der Waals surface area contributed by atoms with E-state index in [1.54, 1.807) is 0 Å². The number of aliphatic imine (C=N–C) groups is 1. The highest BCUT2D eigenvalue weighted by Gasteiger charge is 2.41. The number of nitrogens with zero attached hydrogens (tertiary/aromatic N) is 2. The molecule has 2 aliphatic carbocycles. The van der Waals surface area contributed by atoms with Gasteiger partial charge in [-0.1, -0.05) is 6.92 Å². The minimum Gasteiger partial charge on any atom is -0.356 e.